The number of nitrogens with zero attached hydrogens (tertiary/aromatic N) is 1. The topological polar surface area (TPSA) is 63.8 Å². The molecule has 1 N–H and O–H groups in total. The number of hydrazone groups is 1. The van der Waals surface area contributed by atoms with Crippen molar-refractivity contribution in [3.05, 3.63) is 74.9 Å². The van der Waals surface area contributed by atoms with E-state index in [9.17, 15) is 4.79 Å². The van der Waals surface area contributed by atoms with Crippen molar-refractivity contribution >= 4 is 46.9 Å². The predicted molar refractivity (Wildman–Crippen MR) is 112 cm³/mol. The Bertz CT molecular complexity index is 1030. The van der Waals surface area contributed by atoms with Crippen molar-refractivity contribution in [3.63, 3.8) is 0 Å². The fraction of sp³-hybridized carbons (Fsp3) is 0.100. The summed E-state index contributed by atoms with van der Waals surface area (Å²) in [5.74, 6) is 1.26. The normalized spacial score (nSPS) is 11.0. The number of halogens is 3. The van der Waals surface area contributed by atoms with E-state index in [1.165, 1.54) is 6.21 Å². The van der Waals surface area contributed by atoms with Crippen molar-refractivity contribution < 1.29 is 13.9 Å². The lowest BCUT2D eigenvalue weighted by atomic mass is 10.2. The van der Waals surface area contributed by atoms with Gasteiger partial charge in [0.2, 0.25) is 0 Å². The van der Waals surface area contributed by atoms with Gasteiger partial charge in [0.1, 0.15) is 17.3 Å². The van der Waals surface area contributed by atoms with Crippen LogP contribution in [0.15, 0.2) is 58.0 Å². The van der Waals surface area contributed by atoms with Gasteiger partial charge in [0.25, 0.3) is 5.91 Å². The van der Waals surface area contributed by atoms with Crippen LogP contribution >= 0.6 is 34.8 Å². The number of rotatable bonds is 6. The maximum Gasteiger partial charge on any atom is 0.277 e. The van der Waals surface area contributed by atoms with Crippen LogP contribution in [-0.4, -0.2) is 18.7 Å². The van der Waals surface area contributed by atoms with Gasteiger partial charge in [-0.2, -0.15) is 5.10 Å². The van der Waals surface area contributed by atoms with E-state index < -0.39 is 5.91 Å². The summed E-state index contributed by atoms with van der Waals surface area (Å²) in [5.41, 5.74) is 4.00. The zero-order valence-corrected chi connectivity index (χ0v) is 17.0. The molecule has 3 aromatic rings. The number of amides is 1. The fourth-order valence-corrected chi connectivity index (χ4v) is 2.87. The molecule has 3 rings (SSSR count). The van der Waals surface area contributed by atoms with Crippen molar-refractivity contribution in [2.24, 2.45) is 5.10 Å². The molecule has 0 unspecified atom stereocenters. The van der Waals surface area contributed by atoms with Crippen molar-refractivity contribution in [2.45, 2.75) is 6.92 Å². The molecule has 0 saturated carbocycles. The first-order valence-corrected chi connectivity index (χ1v) is 9.32. The molecule has 0 bridgehead atoms. The molecule has 28 heavy (non-hydrogen) atoms. The van der Waals surface area contributed by atoms with Gasteiger partial charge >= 0.3 is 0 Å². The first-order valence-electron chi connectivity index (χ1n) is 8.18. The number of hydrogen-bond donors (Lipinski definition) is 1. The molecule has 0 atom stereocenters. The lowest BCUT2D eigenvalue weighted by Crippen LogP contribution is -2.24. The van der Waals surface area contributed by atoms with Crippen molar-refractivity contribution in [2.75, 3.05) is 6.61 Å². The summed E-state index contributed by atoms with van der Waals surface area (Å²) in [6.45, 7) is 1.67. The molecule has 0 aliphatic heterocycles. The maximum atomic E-state index is 11.8. The molecule has 0 radical (unpaired) electrons. The zero-order valence-electron chi connectivity index (χ0n) is 14.7. The molecular weight excluding hydrogens is 423 g/mol. The minimum absolute atomic E-state index is 0.174. The minimum atomic E-state index is -0.401. The second-order valence-electron chi connectivity index (χ2n) is 5.82. The molecule has 1 heterocycles. The zero-order chi connectivity index (χ0) is 20.1. The van der Waals surface area contributed by atoms with Crippen LogP contribution in [0.1, 0.15) is 11.3 Å². The van der Waals surface area contributed by atoms with Crippen LogP contribution in [0.5, 0.6) is 5.75 Å². The fourth-order valence-electron chi connectivity index (χ4n) is 2.34. The van der Waals surface area contributed by atoms with E-state index in [1.54, 1.807) is 48.5 Å². The van der Waals surface area contributed by atoms with Gasteiger partial charge < -0.3 is 9.15 Å². The van der Waals surface area contributed by atoms with Gasteiger partial charge in [0.05, 0.1) is 16.3 Å². The monoisotopic (exact) mass is 436 g/mol. The SMILES string of the molecule is Cc1cc(Cl)ccc1OCC(=O)NN=Cc1ccc(-c2ccc(Cl)c(Cl)c2)o1. The van der Waals surface area contributed by atoms with Gasteiger partial charge in [0, 0.05) is 10.6 Å². The van der Waals surface area contributed by atoms with E-state index >= 15 is 0 Å². The Balaban J connectivity index is 1.53. The van der Waals surface area contributed by atoms with Gasteiger partial charge in [-0.15, -0.1) is 0 Å². The number of benzene rings is 2. The largest absolute Gasteiger partial charge is 0.483 e. The summed E-state index contributed by atoms with van der Waals surface area (Å²) in [5, 5.41) is 5.38. The van der Waals surface area contributed by atoms with Crippen molar-refractivity contribution in [1.82, 2.24) is 5.43 Å². The van der Waals surface area contributed by atoms with Crippen LogP contribution in [0.3, 0.4) is 0 Å². The van der Waals surface area contributed by atoms with Gasteiger partial charge in [-0.1, -0.05) is 34.8 Å². The van der Waals surface area contributed by atoms with Crippen molar-refractivity contribution in [3.8, 4) is 17.1 Å². The van der Waals surface area contributed by atoms with E-state index in [0.717, 1.165) is 11.1 Å². The highest BCUT2D eigenvalue weighted by atomic mass is 35.5. The smallest absolute Gasteiger partial charge is 0.277 e. The molecular formula is C20H15Cl3N2O3. The Morgan fingerprint density at radius 1 is 1.11 bits per heavy atom. The Hall–Kier alpha value is -2.47. The molecule has 0 aliphatic carbocycles. The summed E-state index contributed by atoms with van der Waals surface area (Å²) in [7, 11) is 0. The average Bonchev–Trinajstić information content (AvgIpc) is 3.12. The molecule has 0 saturated heterocycles. The molecule has 1 aromatic heterocycles. The number of carbonyl (C=O) groups excluding carboxylic acids is 1. The van der Waals surface area contributed by atoms with Crippen LogP contribution in [0.4, 0.5) is 0 Å². The van der Waals surface area contributed by atoms with Gasteiger partial charge in [-0.3, -0.25) is 4.79 Å². The van der Waals surface area contributed by atoms with Crippen LogP contribution in [-0.2, 0) is 4.79 Å². The van der Waals surface area contributed by atoms with Crippen molar-refractivity contribution in [1.29, 1.82) is 0 Å². The second kappa shape index (κ2) is 9.15. The molecule has 1 amide bonds. The molecule has 8 heteroatoms. The highest BCUT2D eigenvalue weighted by Gasteiger charge is 2.07. The average molecular weight is 438 g/mol. The van der Waals surface area contributed by atoms with E-state index in [2.05, 4.69) is 10.5 Å². The molecule has 2 aromatic carbocycles. The van der Waals surface area contributed by atoms with Crippen LogP contribution < -0.4 is 10.2 Å². The van der Waals surface area contributed by atoms with E-state index in [0.29, 0.717) is 32.3 Å². The molecule has 144 valence electrons. The van der Waals surface area contributed by atoms with Crippen LogP contribution in [0.25, 0.3) is 11.3 Å². The number of ether oxygens (including phenoxy) is 1. The molecule has 0 spiro atoms. The summed E-state index contributed by atoms with van der Waals surface area (Å²) in [4.78, 5) is 11.8. The maximum absolute atomic E-state index is 11.8. The summed E-state index contributed by atoms with van der Waals surface area (Å²) in [6, 6.07) is 13.9. The van der Waals surface area contributed by atoms with E-state index in [4.69, 9.17) is 44.0 Å². The highest BCUT2D eigenvalue weighted by molar-refractivity contribution is 6.42. The van der Waals surface area contributed by atoms with Crippen LogP contribution in [0, 0.1) is 6.92 Å². The quantitative estimate of drug-likeness (QED) is 0.395. The lowest BCUT2D eigenvalue weighted by Gasteiger charge is -2.08. The second-order valence-corrected chi connectivity index (χ2v) is 7.07. The Morgan fingerprint density at radius 2 is 1.93 bits per heavy atom. The van der Waals surface area contributed by atoms with Crippen LogP contribution in [0.2, 0.25) is 15.1 Å². The molecule has 0 aliphatic rings. The molecule has 5 nitrogen and oxygen atoms in total. The number of nitrogens with one attached hydrogen (secondary N) is 1. The van der Waals surface area contributed by atoms with E-state index in [1.807, 2.05) is 6.92 Å². The first-order chi connectivity index (χ1) is 13.4. The third kappa shape index (κ3) is 5.29. The summed E-state index contributed by atoms with van der Waals surface area (Å²) < 4.78 is 11.1. The van der Waals surface area contributed by atoms with Gasteiger partial charge in [0.15, 0.2) is 6.61 Å². The summed E-state index contributed by atoms with van der Waals surface area (Å²) in [6.07, 6.45) is 1.40. The summed E-state index contributed by atoms with van der Waals surface area (Å²) >= 11 is 17.8. The highest BCUT2D eigenvalue weighted by Crippen LogP contribution is 2.29. The Morgan fingerprint density at radius 3 is 2.68 bits per heavy atom. The third-order valence-corrected chi connectivity index (χ3v) is 4.68. The predicted octanol–water partition coefficient (Wildman–Crippen LogP) is 5.74. The Labute approximate surface area is 176 Å². The first kappa shape index (κ1) is 20.3. The van der Waals surface area contributed by atoms with Gasteiger partial charge in [-0.25, -0.2) is 5.43 Å². The molecule has 0 fully saturated rings. The van der Waals surface area contributed by atoms with Gasteiger partial charge in [-0.05, 0) is 61.0 Å². The number of furan rings is 1. The standard InChI is InChI=1S/C20H15Cl3N2O3/c1-12-8-14(21)3-6-18(12)27-11-20(26)25-24-10-15-4-7-19(28-15)13-2-5-16(22)17(23)9-13/h2-10H,11H2,1H3,(H,25,26). The van der Waals surface area contributed by atoms with E-state index in [-0.39, 0.29) is 6.61 Å². The third-order valence-electron chi connectivity index (χ3n) is 3.71. The lowest BCUT2D eigenvalue weighted by molar-refractivity contribution is -0.123. The minimum Gasteiger partial charge on any atom is -0.483 e. The number of aryl methyl sites for hydroxylation is 1. The number of carbonyl (C=O) groups is 1. The Kier molecular flexibility index (Phi) is 6.62. The number of hydrogen-bond acceptors (Lipinski definition) is 4.